The van der Waals surface area contributed by atoms with Gasteiger partial charge in [-0.15, -0.1) is 0 Å². The Morgan fingerprint density at radius 3 is 2.22 bits per heavy atom. The summed E-state index contributed by atoms with van der Waals surface area (Å²) in [5, 5.41) is 11.4. The van der Waals surface area contributed by atoms with E-state index in [0.717, 1.165) is 11.3 Å². The van der Waals surface area contributed by atoms with Crippen molar-refractivity contribution in [1.29, 1.82) is 0 Å². The summed E-state index contributed by atoms with van der Waals surface area (Å²) in [6, 6.07) is 22.4. The van der Waals surface area contributed by atoms with Crippen molar-refractivity contribution in [2.75, 3.05) is 16.6 Å². The Morgan fingerprint density at radius 2 is 1.56 bits per heavy atom. The van der Waals surface area contributed by atoms with Gasteiger partial charge < -0.3 is 9.84 Å². The van der Waals surface area contributed by atoms with Gasteiger partial charge in [0.25, 0.3) is 5.91 Å². The average molecular weight is 430 g/mol. The van der Waals surface area contributed by atoms with E-state index in [0.29, 0.717) is 18.0 Å². The molecule has 162 valence electrons. The highest BCUT2D eigenvalue weighted by Crippen LogP contribution is 2.47. The second-order valence-electron chi connectivity index (χ2n) is 7.69. The highest BCUT2D eigenvalue weighted by Gasteiger charge is 2.60. The number of hydrogen-bond acceptors (Lipinski definition) is 6. The Bertz CT molecular complexity index is 1130. The summed E-state index contributed by atoms with van der Waals surface area (Å²) in [7, 11) is 0. The SMILES string of the molecule is CCOc1ccc(N2C(=O)[C@@H]3[C@H](ON(c4ccccc4)[C@H]3c3ccc(O)cc3)C2=O)cc1. The van der Waals surface area contributed by atoms with Gasteiger partial charge in [0, 0.05) is 0 Å². The summed E-state index contributed by atoms with van der Waals surface area (Å²) < 4.78 is 5.46. The first kappa shape index (κ1) is 20.1. The third kappa shape index (κ3) is 3.27. The summed E-state index contributed by atoms with van der Waals surface area (Å²) in [6.07, 6.45) is -0.937. The maximum absolute atomic E-state index is 13.6. The van der Waals surface area contributed by atoms with E-state index >= 15 is 0 Å². The fourth-order valence-electron chi connectivity index (χ4n) is 4.34. The molecule has 0 aliphatic carbocycles. The number of imide groups is 1. The molecule has 2 fully saturated rings. The standard InChI is InChI=1S/C25H22N2O5/c1-2-31-20-14-10-17(11-15-20)26-24(29)21-22(16-8-12-19(28)13-9-16)27(32-23(21)25(26)30)18-6-4-3-5-7-18/h3-15,21-23,28H,2H2,1H3/t21-,22-,23-/m0/s1. The number of amides is 2. The zero-order valence-electron chi connectivity index (χ0n) is 17.4. The van der Waals surface area contributed by atoms with Crippen molar-refractivity contribution in [1.82, 2.24) is 0 Å². The Balaban J connectivity index is 1.53. The minimum absolute atomic E-state index is 0.125. The van der Waals surface area contributed by atoms with Gasteiger partial charge in [0.15, 0.2) is 6.10 Å². The summed E-state index contributed by atoms with van der Waals surface area (Å²) >= 11 is 0. The van der Waals surface area contributed by atoms with Crippen LogP contribution in [-0.2, 0) is 14.4 Å². The molecule has 0 unspecified atom stereocenters. The van der Waals surface area contributed by atoms with Crippen LogP contribution in [0.1, 0.15) is 18.5 Å². The zero-order chi connectivity index (χ0) is 22.2. The molecule has 5 rings (SSSR count). The lowest BCUT2D eigenvalue weighted by atomic mass is 9.90. The summed E-state index contributed by atoms with van der Waals surface area (Å²) in [6.45, 7) is 2.42. The quantitative estimate of drug-likeness (QED) is 0.620. The molecule has 2 heterocycles. The third-order valence-corrected chi connectivity index (χ3v) is 5.77. The Kier molecular flexibility index (Phi) is 5.03. The minimum atomic E-state index is -0.937. The molecule has 2 aliphatic rings. The molecule has 0 saturated carbocycles. The van der Waals surface area contributed by atoms with Gasteiger partial charge in [-0.2, -0.15) is 0 Å². The number of hydrogen-bond donors (Lipinski definition) is 1. The lowest BCUT2D eigenvalue weighted by Crippen LogP contribution is -2.37. The highest BCUT2D eigenvalue weighted by atomic mass is 16.7. The Labute approximate surface area is 185 Å². The van der Waals surface area contributed by atoms with Crippen LogP contribution in [0.15, 0.2) is 78.9 Å². The number of aromatic hydroxyl groups is 1. The molecule has 1 N–H and O–H groups in total. The van der Waals surface area contributed by atoms with Gasteiger partial charge in [-0.05, 0) is 61.0 Å². The van der Waals surface area contributed by atoms with Gasteiger partial charge in [0.1, 0.15) is 17.4 Å². The predicted octanol–water partition coefficient (Wildman–Crippen LogP) is 3.84. The molecular weight excluding hydrogens is 408 g/mol. The number of anilines is 2. The molecule has 0 bridgehead atoms. The lowest BCUT2D eigenvalue weighted by Gasteiger charge is -2.28. The number of phenols is 1. The van der Waals surface area contributed by atoms with Crippen molar-refractivity contribution >= 4 is 23.2 Å². The number of hydroxylamine groups is 1. The maximum Gasteiger partial charge on any atom is 0.266 e. The number of para-hydroxylation sites is 1. The van der Waals surface area contributed by atoms with E-state index < -0.39 is 24.0 Å². The van der Waals surface area contributed by atoms with Crippen LogP contribution < -0.4 is 14.7 Å². The van der Waals surface area contributed by atoms with Gasteiger partial charge >= 0.3 is 0 Å². The molecule has 2 aliphatic heterocycles. The second-order valence-corrected chi connectivity index (χ2v) is 7.69. The van der Waals surface area contributed by atoms with Crippen LogP contribution in [0.2, 0.25) is 0 Å². The number of ether oxygens (including phenoxy) is 1. The predicted molar refractivity (Wildman–Crippen MR) is 118 cm³/mol. The van der Waals surface area contributed by atoms with Crippen molar-refractivity contribution in [2.45, 2.75) is 19.1 Å². The van der Waals surface area contributed by atoms with Gasteiger partial charge in [0.2, 0.25) is 5.91 Å². The molecule has 32 heavy (non-hydrogen) atoms. The van der Waals surface area contributed by atoms with E-state index in [-0.39, 0.29) is 11.7 Å². The molecule has 2 amide bonds. The van der Waals surface area contributed by atoms with E-state index in [2.05, 4.69) is 0 Å². The van der Waals surface area contributed by atoms with Crippen molar-refractivity contribution in [2.24, 2.45) is 5.92 Å². The van der Waals surface area contributed by atoms with Crippen molar-refractivity contribution in [3.8, 4) is 11.5 Å². The van der Waals surface area contributed by atoms with E-state index in [1.807, 2.05) is 37.3 Å². The smallest absolute Gasteiger partial charge is 0.266 e. The largest absolute Gasteiger partial charge is 0.508 e. The molecule has 7 nitrogen and oxygen atoms in total. The van der Waals surface area contributed by atoms with Gasteiger partial charge in [-0.3, -0.25) is 14.4 Å². The summed E-state index contributed by atoms with van der Waals surface area (Å²) in [5.41, 5.74) is 2.00. The van der Waals surface area contributed by atoms with Gasteiger partial charge in [-0.25, -0.2) is 9.96 Å². The third-order valence-electron chi connectivity index (χ3n) is 5.77. The first-order chi connectivity index (χ1) is 15.6. The fourth-order valence-corrected chi connectivity index (χ4v) is 4.34. The molecular formula is C25H22N2O5. The zero-order valence-corrected chi connectivity index (χ0v) is 17.4. The number of phenolic OH excluding ortho intramolecular Hbond substituents is 1. The second kappa shape index (κ2) is 8.01. The van der Waals surface area contributed by atoms with Crippen LogP contribution in [0, 0.1) is 5.92 Å². The Morgan fingerprint density at radius 1 is 0.875 bits per heavy atom. The lowest BCUT2D eigenvalue weighted by molar-refractivity contribution is -0.126. The minimum Gasteiger partial charge on any atom is -0.508 e. The van der Waals surface area contributed by atoms with Crippen LogP contribution in [-0.4, -0.2) is 29.6 Å². The highest BCUT2D eigenvalue weighted by molar-refractivity contribution is 6.23. The van der Waals surface area contributed by atoms with E-state index in [9.17, 15) is 14.7 Å². The van der Waals surface area contributed by atoms with Crippen LogP contribution in [0.25, 0.3) is 0 Å². The number of nitrogens with zero attached hydrogens (tertiary/aromatic N) is 2. The fraction of sp³-hybridized carbons (Fsp3) is 0.200. The van der Waals surface area contributed by atoms with Crippen LogP contribution >= 0.6 is 0 Å². The average Bonchev–Trinajstić information content (AvgIpc) is 3.32. The van der Waals surface area contributed by atoms with Crippen LogP contribution in [0.5, 0.6) is 11.5 Å². The van der Waals surface area contributed by atoms with Gasteiger partial charge in [0.05, 0.1) is 24.0 Å². The molecule has 0 radical (unpaired) electrons. The van der Waals surface area contributed by atoms with Crippen molar-refractivity contribution in [3.05, 3.63) is 84.4 Å². The van der Waals surface area contributed by atoms with Gasteiger partial charge in [-0.1, -0.05) is 30.3 Å². The normalized spacial score (nSPS) is 22.3. The summed E-state index contributed by atoms with van der Waals surface area (Å²) in [4.78, 5) is 34.1. The van der Waals surface area contributed by atoms with Crippen molar-refractivity contribution in [3.63, 3.8) is 0 Å². The van der Waals surface area contributed by atoms with Crippen LogP contribution in [0.3, 0.4) is 0 Å². The number of fused-ring (bicyclic) bond motifs is 1. The molecule has 2 saturated heterocycles. The first-order valence-corrected chi connectivity index (χ1v) is 10.5. The number of rotatable bonds is 5. The number of benzene rings is 3. The van der Waals surface area contributed by atoms with Crippen LogP contribution in [0.4, 0.5) is 11.4 Å². The maximum atomic E-state index is 13.6. The number of carbonyl (C=O) groups excluding carboxylic acids is 2. The monoisotopic (exact) mass is 430 g/mol. The molecule has 3 atom stereocenters. The first-order valence-electron chi connectivity index (χ1n) is 10.5. The molecule has 3 aromatic rings. The molecule has 7 heteroatoms. The van der Waals surface area contributed by atoms with Crippen molar-refractivity contribution < 1.29 is 24.3 Å². The topological polar surface area (TPSA) is 79.3 Å². The van der Waals surface area contributed by atoms with E-state index in [1.54, 1.807) is 53.6 Å². The molecule has 3 aromatic carbocycles. The van der Waals surface area contributed by atoms with E-state index in [4.69, 9.17) is 9.57 Å². The Hall–Kier alpha value is -3.84. The molecule has 0 aromatic heterocycles. The number of carbonyl (C=O) groups is 2. The molecule has 0 spiro atoms. The van der Waals surface area contributed by atoms with E-state index in [1.165, 1.54) is 4.90 Å². The summed E-state index contributed by atoms with van der Waals surface area (Å²) in [5.74, 6) is -0.643.